The Kier molecular flexibility index (Phi) is 4.16. The van der Waals surface area contributed by atoms with Crippen LogP contribution >= 0.6 is 11.6 Å². The monoisotopic (exact) mass is 321 g/mol. The van der Waals surface area contributed by atoms with Gasteiger partial charge in [-0.15, -0.1) is 0 Å². The van der Waals surface area contributed by atoms with Crippen molar-refractivity contribution in [1.82, 2.24) is 4.98 Å². The summed E-state index contributed by atoms with van der Waals surface area (Å²) in [6.45, 7) is 3.46. The van der Waals surface area contributed by atoms with Crippen molar-refractivity contribution in [1.29, 1.82) is 5.26 Å². The van der Waals surface area contributed by atoms with Gasteiger partial charge in [-0.1, -0.05) is 11.6 Å². The van der Waals surface area contributed by atoms with Crippen LogP contribution in [0.1, 0.15) is 16.7 Å². The van der Waals surface area contributed by atoms with Gasteiger partial charge in [0.25, 0.3) is 10.0 Å². The SMILES string of the molecule is Cc1cnc(Cl)c(NS(=O)(=O)c2ccc(C#N)c(C)c2)c1. The highest BCUT2D eigenvalue weighted by atomic mass is 35.5. The summed E-state index contributed by atoms with van der Waals surface area (Å²) in [4.78, 5) is 3.96. The van der Waals surface area contributed by atoms with Gasteiger partial charge in [0, 0.05) is 6.20 Å². The Labute approximate surface area is 128 Å². The van der Waals surface area contributed by atoms with Crippen LogP contribution in [0.15, 0.2) is 35.4 Å². The van der Waals surface area contributed by atoms with E-state index in [1.165, 1.54) is 18.2 Å². The maximum atomic E-state index is 12.3. The molecule has 0 amide bonds. The van der Waals surface area contributed by atoms with Crippen molar-refractivity contribution in [2.45, 2.75) is 18.7 Å². The second-order valence-electron chi connectivity index (χ2n) is 4.55. The molecule has 0 aliphatic heterocycles. The van der Waals surface area contributed by atoms with E-state index in [1.54, 1.807) is 26.1 Å². The summed E-state index contributed by atoms with van der Waals surface area (Å²) >= 11 is 5.89. The first-order valence-corrected chi connectivity index (χ1v) is 7.85. The Balaban J connectivity index is 2.41. The molecule has 108 valence electrons. The van der Waals surface area contributed by atoms with Gasteiger partial charge < -0.3 is 0 Å². The zero-order chi connectivity index (χ0) is 15.6. The van der Waals surface area contributed by atoms with E-state index in [2.05, 4.69) is 9.71 Å². The van der Waals surface area contributed by atoms with Crippen molar-refractivity contribution in [3.05, 3.63) is 52.3 Å². The fraction of sp³-hybridized carbons (Fsp3) is 0.143. The maximum Gasteiger partial charge on any atom is 0.262 e. The van der Waals surface area contributed by atoms with Crippen LogP contribution in [0, 0.1) is 25.2 Å². The summed E-state index contributed by atoms with van der Waals surface area (Å²) in [7, 11) is -3.78. The molecule has 0 saturated carbocycles. The molecular weight excluding hydrogens is 310 g/mol. The summed E-state index contributed by atoms with van der Waals surface area (Å²) in [5, 5.41) is 8.95. The minimum atomic E-state index is -3.78. The zero-order valence-corrected chi connectivity index (χ0v) is 13.0. The summed E-state index contributed by atoms with van der Waals surface area (Å²) < 4.78 is 27.1. The van der Waals surface area contributed by atoms with E-state index in [4.69, 9.17) is 16.9 Å². The first-order chi connectivity index (χ1) is 9.83. The van der Waals surface area contributed by atoms with Crippen LogP contribution in [0.2, 0.25) is 5.15 Å². The first-order valence-electron chi connectivity index (χ1n) is 5.99. The molecule has 0 bridgehead atoms. The number of nitriles is 1. The van der Waals surface area contributed by atoms with Crippen LogP contribution in [-0.4, -0.2) is 13.4 Å². The molecule has 7 heteroatoms. The summed E-state index contributed by atoms with van der Waals surface area (Å²) in [5.41, 5.74) is 2.03. The molecule has 1 heterocycles. The molecule has 0 atom stereocenters. The fourth-order valence-corrected chi connectivity index (χ4v) is 3.11. The van der Waals surface area contributed by atoms with Gasteiger partial charge in [0.05, 0.1) is 22.2 Å². The summed E-state index contributed by atoms with van der Waals surface area (Å²) in [6, 6.07) is 7.89. The largest absolute Gasteiger partial charge is 0.276 e. The average molecular weight is 322 g/mol. The maximum absolute atomic E-state index is 12.3. The molecule has 0 spiro atoms. The number of benzene rings is 1. The van der Waals surface area contributed by atoms with Gasteiger partial charge in [-0.2, -0.15) is 5.26 Å². The number of aromatic nitrogens is 1. The number of nitrogens with zero attached hydrogens (tertiary/aromatic N) is 2. The molecule has 0 saturated heterocycles. The molecule has 2 rings (SSSR count). The van der Waals surface area contributed by atoms with E-state index < -0.39 is 10.0 Å². The summed E-state index contributed by atoms with van der Waals surface area (Å²) in [6.07, 6.45) is 1.55. The first kappa shape index (κ1) is 15.3. The van der Waals surface area contributed by atoms with Gasteiger partial charge in [0.2, 0.25) is 0 Å². The molecule has 2 aromatic rings. The lowest BCUT2D eigenvalue weighted by Gasteiger charge is -2.10. The van der Waals surface area contributed by atoms with Crippen molar-refractivity contribution in [3.8, 4) is 6.07 Å². The number of hydrogen-bond acceptors (Lipinski definition) is 4. The lowest BCUT2D eigenvalue weighted by Crippen LogP contribution is -2.14. The molecule has 0 aliphatic rings. The Morgan fingerprint density at radius 1 is 1.29 bits per heavy atom. The minimum Gasteiger partial charge on any atom is -0.276 e. The van der Waals surface area contributed by atoms with Crippen LogP contribution in [0.3, 0.4) is 0 Å². The van der Waals surface area contributed by atoms with Gasteiger partial charge in [-0.3, -0.25) is 4.72 Å². The summed E-state index contributed by atoms with van der Waals surface area (Å²) in [5.74, 6) is 0. The Morgan fingerprint density at radius 2 is 2.00 bits per heavy atom. The Morgan fingerprint density at radius 3 is 2.62 bits per heavy atom. The predicted molar refractivity (Wildman–Crippen MR) is 80.7 cm³/mol. The van der Waals surface area contributed by atoms with Gasteiger partial charge in [0.15, 0.2) is 5.15 Å². The van der Waals surface area contributed by atoms with E-state index in [1.807, 2.05) is 6.07 Å². The lowest BCUT2D eigenvalue weighted by molar-refractivity contribution is 0.601. The van der Waals surface area contributed by atoms with Crippen LogP contribution in [0.5, 0.6) is 0 Å². The molecular formula is C14H12ClN3O2S. The zero-order valence-electron chi connectivity index (χ0n) is 11.4. The lowest BCUT2D eigenvalue weighted by atomic mass is 10.1. The Hall–Kier alpha value is -2.10. The van der Waals surface area contributed by atoms with E-state index in [0.717, 1.165) is 5.56 Å². The minimum absolute atomic E-state index is 0.0663. The van der Waals surface area contributed by atoms with Gasteiger partial charge >= 0.3 is 0 Å². The molecule has 5 nitrogen and oxygen atoms in total. The molecule has 1 N–H and O–H groups in total. The molecule has 1 aromatic heterocycles. The number of rotatable bonds is 3. The Bertz CT molecular complexity index is 842. The number of anilines is 1. The van der Waals surface area contributed by atoms with Gasteiger partial charge in [0.1, 0.15) is 0 Å². The van der Waals surface area contributed by atoms with E-state index >= 15 is 0 Å². The number of nitrogens with one attached hydrogen (secondary N) is 1. The number of pyridine rings is 1. The molecule has 0 fully saturated rings. The smallest absolute Gasteiger partial charge is 0.262 e. The van der Waals surface area contributed by atoms with Crippen molar-refractivity contribution in [3.63, 3.8) is 0 Å². The highest BCUT2D eigenvalue weighted by Gasteiger charge is 2.17. The van der Waals surface area contributed by atoms with Crippen molar-refractivity contribution < 1.29 is 8.42 Å². The van der Waals surface area contributed by atoms with Gasteiger partial charge in [-0.25, -0.2) is 13.4 Å². The normalized spacial score (nSPS) is 11.0. The third-order valence-corrected chi connectivity index (χ3v) is 4.51. The highest BCUT2D eigenvalue weighted by molar-refractivity contribution is 7.92. The van der Waals surface area contributed by atoms with Crippen molar-refractivity contribution in [2.75, 3.05) is 4.72 Å². The second kappa shape index (κ2) is 5.72. The predicted octanol–water partition coefficient (Wildman–Crippen LogP) is 3.02. The second-order valence-corrected chi connectivity index (χ2v) is 6.59. The van der Waals surface area contributed by atoms with Gasteiger partial charge in [-0.05, 0) is 49.2 Å². The molecule has 21 heavy (non-hydrogen) atoms. The average Bonchev–Trinajstić information content (AvgIpc) is 2.42. The van der Waals surface area contributed by atoms with Crippen LogP contribution < -0.4 is 4.72 Å². The van der Waals surface area contributed by atoms with Crippen LogP contribution in [0.25, 0.3) is 0 Å². The van der Waals surface area contributed by atoms with E-state index in [-0.39, 0.29) is 15.7 Å². The van der Waals surface area contributed by atoms with Crippen LogP contribution in [-0.2, 0) is 10.0 Å². The quantitative estimate of drug-likeness (QED) is 0.881. The fourth-order valence-electron chi connectivity index (χ4n) is 1.76. The standard InChI is InChI=1S/C14H12ClN3O2S/c1-9-5-13(14(15)17-8-9)18-21(19,20)12-4-3-11(7-16)10(2)6-12/h3-6,8,18H,1-2H3. The molecule has 0 unspecified atom stereocenters. The number of aryl methyl sites for hydroxylation is 2. The van der Waals surface area contributed by atoms with Crippen molar-refractivity contribution in [2.24, 2.45) is 0 Å². The molecule has 0 radical (unpaired) electrons. The number of halogens is 1. The topological polar surface area (TPSA) is 82.8 Å². The van der Waals surface area contributed by atoms with E-state index in [0.29, 0.717) is 11.1 Å². The molecule has 1 aromatic carbocycles. The third-order valence-electron chi connectivity index (χ3n) is 2.85. The van der Waals surface area contributed by atoms with Crippen molar-refractivity contribution >= 4 is 27.3 Å². The molecule has 0 aliphatic carbocycles. The number of hydrogen-bond donors (Lipinski definition) is 1. The highest BCUT2D eigenvalue weighted by Crippen LogP contribution is 2.24. The van der Waals surface area contributed by atoms with Crippen LogP contribution in [0.4, 0.5) is 5.69 Å². The van der Waals surface area contributed by atoms with E-state index in [9.17, 15) is 8.42 Å². The third kappa shape index (κ3) is 3.32. The number of sulfonamides is 1.